The van der Waals surface area contributed by atoms with Crippen molar-refractivity contribution < 1.29 is 4.79 Å². The summed E-state index contributed by atoms with van der Waals surface area (Å²) in [6.07, 6.45) is 2.20. The molecule has 4 rings (SSSR count). The molecule has 134 valence electrons. The van der Waals surface area contributed by atoms with Gasteiger partial charge in [0.15, 0.2) is 0 Å². The van der Waals surface area contributed by atoms with Crippen molar-refractivity contribution in [3.8, 4) is 11.4 Å². The van der Waals surface area contributed by atoms with Crippen LogP contribution in [-0.4, -0.2) is 33.4 Å². The molecule has 1 saturated heterocycles. The number of rotatable bonds is 3. The van der Waals surface area contributed by atoms with Crippen LogP contribution in [0.3, 0.4) is 0 Å². The number of carbonyl (C=O) groups excluding carboxylic acids is 1. The highest BCUT2D eigenvalue weighted by Gasteiger charge is 2.22. The largest absolute Gasteiger partial charge is 0.341 e. The van der Waals surface area contributed by atoms with Gasteiger partial charge in [-0.1, -0.05) is 48.9 Å². The van der Waals surface area contributed by atoms with Gasteiger partial charge in [0.05, 0.1) is 11.0 Å². The average Bonchev–Trinajstić information content (AvgIpc) is 3.01. The van der Waals surface area contributed by atoms with Crippen LogP contribution in [0.1, 0.15) is 25.3 Å². The predicted molar refractivity (Wildman–Crippen MR) is 105 cm³/mol. The van der Waals surface area contributed by atoms with E-state index < -0.39 is 0 Å². The maximum absolute atomic E-state index is 12.9. The van der Waals surface area contributed by atoms with Gasteiger partial charge in [-0.25, -0.2) is 4.98 Å². The van der Waals surface area contributed by atoms with Crippen molar-refractivity contribution in [2.75, 3.05) is 13.1 Å². The lowest BCUT2D eigenvalue weighted by molar-refractivity contribution is -0.133. The molecule has 0 aliphatic carbocycles. The fourth-order valence-corrected chi connectivity index (χ4v) is 3.65. The number of nitrogens with zero attached hydrogens (tertiary/aromatic N) is 3. The summed E-state index contributed by atoms with van der Waals surface area (Å²) in [4.78, 5) is 19.8. The lowest BCUT2D eigenvalue weighted by Gasteiger charge is -2.30. The van der Waals surface area contributed by atoms with Gasteiger partial charge in [0, 0.05) is 18.7 Å². The highest BCUT2D eigenvalue weighted by atomic mass is 16.2. The number of para-hydroxylation sites is 2. The van der Waals surface area contributed by atoms with E-state index in [1.54, 1.807) is 0 Å². The third-order valence-electron chi connectivity index (χ3n) is 5.39. The smallest absolute Gasteiger partial charge is 0.242 e. The van der Waals surface area contributed by atoms with Gasteiger partial charge in [0.2, 0.25) is 5.91 Å². The minimum absolute atomic E-state index is 0.188. The van der Waals surface area contributed by atoms with Crippen LogP contribution in [0.15, 0.2) is 48.5 Å². The standard InChI is InChI=1S/C22H25N3O/c1-16-7-9-18(10-8-16)22-23-19-5-3-4-6-20(19)25(22)15-21(26)24-13-11-17(2)12-14-24/h3-10,17H,11-15H2,1-2H3. The van der Waals surface area contributed by atoms with Gasteiger partial charge < -0.3 is 9.47 Å². The lowest BCUT2D eigenvalue weighted by Crippen LogP contribution is -2.39. The normalized spacial score (nSPS) is 15.5. The zero-order valence-corrected chi connectivity index (χ0v) is 15.5. The molecule has 4 heteroatoms. The molecular weight excluding hydrogens is 322 g/mol. The van der Waals surface area contributed by atoms with Crippen LogP contribution in [0.4, 0.5) is 0 Å². The summed E-state index contributed by atoms with van der Waals surface area (Å²) in [7, 11) is 0. The van der Waals surface area contributed by atoms with Crippen molar-refractivity contribution in [1.29, 1.82) is 0 Å². The molecule has 1 aliphatic heterocycles. The number of imidazole rings is 1. The molecule has 26 heavy (non-hydrogen) atoms. The SMILES string of the molecule is Cc1ccc(-c2nc3ccccc3n2CC(=O)N2CCC(C)CC2)cc1. The average molecular weight is 347 g/mol. The Balaban J connectivity index is 1.69. The Kier molecular flexibility index (Phi) is 4.49. The van der Waals surface area contributed by atoms with E-state index in [2.05, 4.69) is 42.7 Å². The van der Waals surface area contributed by atoms with E-state index in [1.807, 2.05) is 29.2 Å². The minimum atomic E-state index is 0.188. The van der Waals surface area contributed by atoms with Crippen molar-refractivity contribution in [1.82, 2.24) is 14.5 Å². The second kappa shape index (κ2) is 6.94. The van der Waals surface area contributed by atoms with Gasteiger partial charge in [0.25, 0.3) is 0 Å². The Bertz CT molecular complexity index is 918. The number of piperidine rings is 1. The molecule has 4 nitrogen and oxygen atoms in total. The number of aryl methyl sites for hydroxylation is 1. The predicted octanol–water partition coefficient (Wildman–Crippen LogP) is 4.27. The monoisotopic (exact) mass is 347 g/mol. The third kappa shape index (κ3) is 3.24. The quantitative estimate of drug-likeness (QED) is 0.710. The van der Waals surface area contributed by atoms with E-state index in [-0.39, 0.29) is 5.91 Å². The Morgan fingerprint density at radius 2 is 1.77 bits per heavy atom. The first-order valence-corrected chi connectivity index (χ1v) is 9.42. The number of aromatic nitrogens is 2. The van der Waals surface area contributed by atoms with E-state index in [0.29, 0.717) is 6.54 Å². The van der Waals surface area contributed by atoms with E-state index >= 15 is 0 Å². The molecule has 2 heterocycles. The second-order valence-corrected chi connectivity index (χ2v) is 7.44. The first kappa shape index (κ1) is 16.8. The number of benzene rings is 2. The summed E-state index contributed by atoms with van der Waals surface area (Å²) in [6.45, 7) is 6.42. The number of amides is 1. The number of carbonyl (C=O) groups is 1. The number of hydrogen-bond donors (Lipinski definition) is 0. The van der Waals surface area contributed by atoms with Crippen LogP contribution in [0.25, 0.3) is 22.4 Å². The molecule has 0 N–H and O–H groups in total. The molecule has 1 aromatic heterocycles. The molecule has 0 atom stereocenters. The minimum Gasteiger partial charge on any atom is -0.341 e. The highest BCUT2D eigenvalue weighted by Crippen LogP contribution is 2.26. The molecule has 0 saturated carbocycles. The molecule has 1 fully saturated rings. The van der Waals surface area contributed by atoms with Crippen LogP contribution >= 0.6 is 0 Å². The van der Waals surface area contributed by atoms with Crippen molar-refractivity contribution >= 4 is 16.9 Å². The fraction of sp³-hybridized carbons (Fsp3) is 0.364. The van der Waals surface area contributed by atoms with Crippen LogP contribution in [-0.2, 0) is 11.3 Å². The topological polar surface area (TPSA) is 38.1 Å². The van der Waals surface area contributed by atoms with Gasteiger partial charge >= 0.3 is 0 Å². The fourth-order valence-electron chi connectivity index (χ4n) is 3.65. The van der Waals surface area contributed by atoms with Gasteiger partial charge in [-0.15, -0.1) is 0 Å². The zero-order valence-electron chi connectivity index (χ0n) is 15.5. The van der Waals surface area contributed by atoms with Crippen molar-refractivity contribution in [2.45, 2.75) is 33.2 Å². The van der Waals surface area contributed by atoms with Gasteiger partial charge in [-0.3, -0.25) is 4.79 Å². The molecule has 2 aromatic carbocycles. The first-order valence-electron chi connectivity index (χ1n) is 9.42. The molecule has 0 bridgehead atoms. The maximum atomic E-state index is 12.9. The molecule has 0 radical (unpaired) electrons. The van der Waals surface area contributed by atoms with Crippen LogP contribution in [0, 0.1) is 12.8 Å². The summed E-state index contributed by atoms with van der Waals surface area (Å²) < 4.78 is 2.07. The summed E-state index contributed by atoms with van der Waals surface area (Å²) in [5, 5.41) is 0. The maximum Gasteiger partial charge on any atom is 0.242 e. The Morgan fingerprint density at radius 3 is 2.50 bits per heavy atom. The van der Waals surface area contributed by atoms with E-state index in [4.69, 9.17) is 4.98 Å². The molecule has 0 spiro atoms. The summed E-state index contributed by atoms with van der Waals surface area (Å²) >= 11 is 0. The zero-order chi connectivity index (χ0) is 18.1. The molecule has 0 unspecified atom stereocenters. The van der Waals surface area contributed by atoms with Gasteiger partial charge in [-0.05, 0) is 37.8 Å². The molecular formula is C22H25N3O. The summed E-state index contributed by atoms with van der Waals surface area (Å²) in [6, 6.07) is 16.4. The lowest BCUT2D eigenvalue weighted by atomic mass is 9.99. The third-order valence-corrected chi connectivity index (χ3v) is 5.39. The summed E-state index contributed by atoms with van der Waals surface area (Å²) in [5.41, 5.74) is 4.21. The van der Waals surface area contributed by atoms with E-state index in [9.17, 15) is 4.79 Å². The highest BCUT2D eigenvalue weighted by molar-refractivity contribution is 5.84. The van der Waals surface area contributed by atoms with Crippen molar-refractivity contribution in [3.63, 3.8) is 0 Å². The number of likely N-dealkylation sites (tertiary alicyclic amines) is 1. The van der Waals surface area contributed by atoms with E-state index in [0.717, 1.165) is 54.3 Å². The Labute approximate surface area is 154 Å². The van der Waals surface area contributed by atoms with Crippen molar-refractivity contribution in [3.05, 3.63) is 54.1 Å². The van der Waals surface area contributed by atoms with Crippen molar-refractivity contribution in [2.24, 2.45) is 5.92 Å². The number of fused-ring (bicyclic) bond motifs is 1. The first-order chi connectivity index (χ1) is 12.6. The Hall–Kier alpha value is -2.62. The molecule has 1 amide bonds. The van der Waals surface area contributed by atoms with E-state index in [1.165, 1.54) is 5.56 Å². The van der Waals surface area contributed by atoms with Gasteiger partial charge in [0.1, 0.15) is 12.4 Å². The van der Waals surface area contributed by atoms with Gasteiger partial charge in [-0.2, -0.15) is 0 Å². The second-order valence-electron chi connectivity index (χ2n) is 7.44. The Morgan fingerprint density at radius 1 is 1.08 bits per heavy atom. The summed E-state index contributed by atoms with van der Waals surface area (Å²) in [5.74, 6) is 1.77. The van der Waals surface area contributed by atoms with Crippen LogP contribution in [0.2, 0.25) is 0 Å². The van der Waals surface area contributed by atoms with Crippen LogP contribution in [0.5, 0.6) is 0 Å². The molecule has 1 aliphatic rings. The van der Waals surface area contributed by atoms with Crippen LogP contribution < -0.4 is 0 Å². The molecule has 3 aromatic rings. The number of hydrogen-bond acceptors (Lipinski definition) is 2.